The van der Waals surface area contributed by atoms with Crippen LogP contribution in [-0.2, 0) is 9.47 Å². The number of amides is 1. The third-order valence-corrected chi connectivity index (χ3v) is 5.14. The first-order valence-electron chi connectivity index (χ1n) is 9.04. The van der Waals surface area contributed by atoms with Crippen molar-refractivity contribution in [3.05, 3.63) is 24.3 Å². The SMILES string of the molecule is COC(=S)NC[C@H]1CN(c2ccc(N3CCN(CCF)CC3)cc2)C(=O)O1. The number of ether oxygens (including phenoxy) is 2. The Morgan fingerprint density at radius 1 is 1.26 bits per heavy atom. The van der Waals surface area contributed by atoms with Crippen molar-refractivity contribution in [2.45, 2.75) is 6.10 Å². The molecule has 1 aromatic rings. The first kappa shape index (κ1) is 19.6. The summed E-state index contributed by atoms with van der Waals surface area (Å²) in [5.41, 5.74) is 1.91. The first-order chi connectivity index (χ1) is 13.1. The van der Waals surface area contributed by atoms with E-state index < -0.39 is 0 Å². The van der Waals surface area contributed by atoms with Gasteiger partial charge in [0, 0.05) is 44.1 Å². The van der Waals surface area contributed by atoms with Crippen molar-refractivity contribution >= 4 is 34.9 Å². The summed E-state index contributed by atoms with van der Waals surface area (Å²) in [5.74, 6) is 0. The molecule has 3 rings (SSSR count). The molecule has 0 aliphatic carbocycles. The monoisotopic (exact) mass is 396 g/mol. The smallest absolute Gasteiger partial charge is 0.414 e. The maximum Gasteiger partial charge on any atom is 0.414 e. The highest BCUT2D eigenvalue weighted by molar-refractivity contribution is 7.80. The molecule has 148 valence electrons. The highest BCUT2D eigenvalue weighted by atomic mass is 32.1. The molecule has 1 aromatic carbocycles. The summed E-state index contributed by atoms with van der Waals surface area (Å²) in [6.07, 6.45) is -0.647. The summed E-state index contributed by atoms with van der Waals surface area (Å²) in [6.45, 7) is 4.56. The fourth-order valence-electron chi connectivity index (χ4n) is 3.30. The number of halogens is 1. The second-order valence-electron chi connectivity index (χ2n) is 6.52. The molecule has 2 fully saturated rings. The van der Waals surface area contributed by atoms with Crippen LogP contribution in [0.5, 0.6) is 0 Å². The molecule has 0 spiro atoms. The van der Waals surface area contributed by atoms with E-state index in [-0.39, 0.29) is 24.0 Å². The number of benzene rings is 1. The van der Waals surface area contributed by atoms with Gasteiger partial charge >= 0.3 is 6.09 Å². The van der Waals surface area contributed by atoms with Crippen LogP contribution in [0.4, 0.5) is 20.6 Å². The lowest BCUT2D eigenvalue weighted by molar-refractivity contribution is 0.142. The number of thiocarbonyl (C=S) groups is 1. The largest absolute Gasteiger partial charge is 0.474 e. The molecule has 27 heavy (non-hydrogen) atoms. The molecular weight excluding hydrogens is 371 g/mol. The normalized spacial score (nSPS) is 20.5. The van der Waals surface area contributed by atoms with Gasteiger partial charge in [-0.05, 0) is 36.5 Å². The number of hydrogen-bond acceptors (Lipinski definition) is 6. The molecule has 2 saturated heterocycles. The molecule has 1 amide bonds. The molecule has 2 heterocycles. The van der Waals surface area contributed by atoms with Crippen molar-refractivity contribution < 1.29 is 18.7 Å². The summed E-state index contributed by atoms with van der Waals surface area (Å²) >= 11 is 4.93. The maximum absolute atomic E-state index is 12.4. The molecular formula is C18H25FN4O3S. The van der Waals surface area contributed by atoms with Crippen LogP contribution in [0.25, 0.3) is 0 Å². The van der Waals surface area contributed by atoms with E-state index in [1.807, 2.05) is 24.3 Å². The molecule has 1 N–H and O–H groups in total. The molecule has 9 heteroatoms. The quantitative estimate of drug-likeness (QED) is 0.734. The van der Waals surface area contributed by atoms with E-state index in [9.17, 15) is 9.18 Å². The number of nitrogens with one attached hydrogen (secondary N) is 1. The van der Waals surface area contributed by atoms with E-state index in [1.165, 1.54) is 7.11 Å². The minimum Gasteiger partial charge on any atom is -0.474 e. The van der Waals surface area contributed by atoms with Gasteiger partial charge in [0.05, 0.1) is 20.2 Å². The Hall–Kier alpha value is -2.13. The van der Waals surface area contributed by atoms with Crippen molar-refractivity contribution in [3.63, 3.8) is 0 Å². The summed E-state index contributed by atoms with van der Waals surface area (Å²) < 4.78 is 22.7. The lowest BCUT2D eigenvalue weighted by Crippen LogP contribution is -2.47. The molecule has 0 aromatic heterocycles. The second-order valence-corrected chi connectivity index (χ2v) is 6.89. The highest BCUT2D eigenvalue weighted by Gasteiger charge is 2.32. The zero-order valence-corrected chi connectivity index (χ0v) is 16.2. The standard InChI is InChI=1S/C18H25FN4O3S/c1-25-17(27)20-12-16-13-23(18(24)26-16)15-4-2-14(3-5-15)22-10-8-21(7-6-19)9-11-22/h2-5,16H,6-13H2,1H3,(H,20,27)/t16-/m0/s1. The fraction of sp³-hybridized carbons (Fsp3) is 0.556. The van der Waals surface area contributed by atoms with Gasteiger partial charge in [0.2, 0.25) is 0 Å². The van der Waals surface area contributed by atoms with Crippen LogP contribution in [0.3, 0.4) is 0 Å². The van der Waals surface area contributed by atoms with Gasteiger partial charge in [-0.1, -0.05) is 0 Å². The average molecular weight is 396 g/mol. The lowest BCUT2D eigenvalue weighted by atomic mass is 10.2. The summed E-state index contributed by atoms with van der Waals surface area (Å²) in [6, 6.07) is 7.89. The molecule has 1 atom stereocenters. The van der Waals surface area contributed by atoms with Crippen molar-refractivity contribution in [2.75, 3.05) is 69.4 Å². The number of anilines is 2. The third kappa shape index (κ3) is 4.98. The Labute approximate surface area is 164 Å². The molecule has 0 radical (unpaired) electrons. The van der Waals surface area contributed by atoms with Crippen molar-refractivity contribution in [1.29, 1.82) is 0 Å². The molecule has 7 nitrogen and oxygen atoms in total. The van der Waals surface area contributed by atoms with E-state index in [4.69, 9.17) is 21.7 Å². The zero-order chi connectivity index (χ0) is 19.2. The van der Waals surface area contributed by atoms with Gasteiger partial charge in [0.15, 0.2) is 0 Å². The number of piperazine rings is 1. The number of cyclic esters (lactones) is 1. The van der Waals surface area contributed by atoms with Crippen LogP contribution < -0.4 is 15.1 Å². The number of methoxy groups -OCH3 is 1. The fourth-order valence-corrected chi connectivity index (χ4v) is 3.38. The Balaban J connectivity index is 1.54. The van der Waals surface area contributed by atoms with Gasteiger partial charge in [0.1, 0.15) is 12.8 Å². The number of hydrogen-bond donors (Lipinski definition) is 1. The van der Waals surface area contributed by atoms with E-state index >= 15 is 0 Å². The van der Waals surface area contributed by atoms with Gasteiger partial charge < -0.3 is 19.7 Å². The van der Waals surface area contributed by atoms with Crippen LogP contribution in [0.2, 0.25) is 0 Å². The molecule has 0 unspecified atom stereocenters. The Kier molecular flexibility index (Phi) is 6.68. The zero-order valence-electron chi connectivity index (χ0n) is 15.4. The first-order valence-corrected chi connectivity index (χ1v) is 9.45. The van der Waals surface area contributed by atoms with Crippen LogP contribution in [0.1, 0.15) is 0 Å². The van der Waals surface area contributed by atoms with E-state index in [1.54, 1.807) is 4.90 Å². The van der Waals surface area contributed by atoms with Gasteiger partial charge in [-0.15, -0.1) is 0 Å². The molecule has 2 aliphatic rings. The van der Waals surface area contributed by atoms with E-state index in [0.717, 1.165) is 37.6 Å². The topological polar surface area (TPSA) is 57.3 Å². The van der Waals surface area contributed by atoms with Crippen LogP contribution in [0, 0.1) is 0 Å². The summed E-state index contributed by atoms with van der Waals surface area (Å²) in [7, 11) is 1.49. The van der Waals surface area contributed by atoms with E-state index in [2.05, 4.69) is 15.1 Å². The van der Waals surface area contributed by atoms with Gasteiger partial charge in [-0.25, -0.2) is 9.18 Å². The molecule has 2 aliphatic heterocycles. The van der Waals surface area contributed by atoms with Crippen LogP contribution in [-0.4, -0.2) is 81.9 Å². The Bertz CT molecular complexity index is 653. The van der Waals surface area contributed by atoms with Crippen molar-refractivity contribution in [3.8, 4) is 0 Å². The molecule has 0 saturated carbocycles. The molecule has 0 bridgehead atoms. The third-order valence-electron chi connectivity index (χ3n) is 4.83. The number of nitrogens with zero attached hydrogens (tertiary/aromatic N) is 3. The minimum absolute atomic E-state index is 0.278. The Morgan fingerprint density at radius 2 is 1.93 bits per heavy atom. The van der Waals surface area contributed by atoms with Gasteiger partial charge in [-0.2, -0.15) is 0 Å². The number of carbonyl (C=O) groups is 1. The van der Waals surface area contributed by atoms with Crippen molar-refractivity contribution in [1.82, 2.24) is 10.2 Å². The van der Waals surface area contributed by atoms with Gasteiger partial charge in [-0.3, -0.25) is 9.80 Å². The average Bonchev–Trinajstić information content (AvgIpc) is 3.08. The summed E-state index contributed by atoms with van der Waals surface area (Å²) in [5, 5.41) is 3.18. The summed E-state index contributed by atoms with van der Waals surface area (Å²) in [4.78, 5) is 18.2. The van der Waals surface area contributed by atoms with Gasteiger partial charge in [0.25, 0.3) is 5.17 Å². The number of alkyl halides is 1. The number of carbonyl (C=O) groups excluding carboxylic acids is 1. The minimum atomic E-state index is -0.363. The lowest BCUT2D eigenvalue weighted by Gasteiger charge is -2.35. The Morgan fingerprint density at radius 3 is 2.56 bits per heavy atom. The second kappa shape index (κ2) is 9.18. The van der Waals surface area contributed by atoms with Crippen LogP contribution in [0.15, 0.2) is 24.3 Å². The predicted octanol–water partition coefficient (Wildman–Crippen LogP) is 1.62. The van der Waals surface area contributed by atoms with Crippen molar-refractivity contribution in [2.24, 2.45) is 0 Å². The number of rotatable bonds is 6. The van der Waals surface area contributed by atoms with E-state index in [0.29, 0.717) is 19.6 Å². The predicted molar refractivity (Wildman–Crippen MR) is 106 cm³/mol. The highest BCUT2D eigenvalue weighted by Crippen LogP contribution is 2.25. The van der Waals surface area contributed by atoms with Crippen LogP contribution >= 0.6 is 12.2 Å². The maximum atomic E-state index is 12.4.